The highest BCUT2D eigenvalue weighted by molar-refractivity contribution is 7.13. The molecule has 0 bridgehead atoms. The second-order valence-electron chi connectivity index (χ2n) is 5.99. The van der Waals surface area contributed by atoms with Crippen molar-refractivity contribution < 1.29 is 19.0 Å². The van der Waals surface area contributed by atoms with Gasteiger partial charge in [-0.2, -0.15) is 0 Å². The smallest absolute Gasteiger partial charge is 0.224 e. The number of hydrogen-bond donors (Lipinski definition) is 1. The fraction of sp³-hybridized carbons (Fsp3) is 0.238. The monoisotopic (exact) mass is 398 g/mol. The average Bonchev–Trinajstić information content (AvgIpc) is 3.21. The molecule has 0 spiro atoms. The molecule has 0 saturated heterocycles. The summed E-state index contributed by atoms with van der Waals surface area (Å²) < 4.78 is 15.7. The molecule has 2 aromatic carbocycles. The lowest BCUT2D eigenvalue weighted by Gasteiger charge is -2.11. The van der Waals surface area contributed by atoms with Gasteiger partial charge >= 0.3 is 0 Å². The summed E-state index contributed by atoms with van der Waals surface area (Å²) in [5.74, 6) is 1.92. The van der Waals surface area contributed by atoms with E-state index in [9.17, 15) is 4.79 Å². The predicted molar refractivity (Wildman–Crippen MR) is 111 cm³/mol. The molecule has 6 nitrogen and oxygen atoms in total. The van der Waals surface area contributed by atoms with E-state index in [-0.39, 0.29) is 5.91 Å². The van der Waals surface area contributed by atoms with Crippen LogP contribution in [-0.2, 0) is 11.2 Å². The van der Waals surface area contributed by atoms with Gasteiger partial charge in [-0.05, 0) is 30.7 Å². The molecule has 146 valence electrons. The summed E-state index contributed by atoms with van der Waals surface area (Å²) in [4.78, 5) is 17.0. The molecular formula is C21H22N2O4S. The Morgan fingerprint density at radius 3 is 2.57 bits per heavy atom. The number of aromatic nitrogens is 1. The molecule has 1 amide bonds. The topological polar surface area (TPSA) is 69.7 Å². The zero-order valence-corrected chi connectivity index (χ0v) is 16.8. The Balaban J connectivity index is 1.60. The highest BCUT2D eigenvalue weighted by Gasteiger charge is 2.11. The molecule has 0 radical (unpaired) electrons. The quantitative estimate of drug-likeness (QED) is 0.609. The van der Waals surface area contributed by atoms with Gasteiger partial charge in [-0.3, -0.25) is 4.79 Å². The highest BCUT2D eigenvalue weighted by atomic mass is 32.1. The third-order valence-corrected chi connectivity index (χ3v) is 5.10. The molecule has 1 heterocycles. The SMILES string of the molecule is COc1cccc(-c2nc(CCC(=O)Nc3ccc(OC)cc3OC)cs2)c1. The molecule has 28 heavy (non-hydrogen) atoms. The first kappa shape index (κ1) is 19.7. The number of ether oxygens (including phenoxy) is 3. The Morgan fingerprint density at radius 2 is 1.82 bits per heavy atom. The van der Waals surface area contributed by atoms with E-state index in [4.69, 9.17) is 14.2 Å². The predicted octanol–water partition coefficient (Wildman–Crippen LogP) is 4.41. The number of rotatable bonds is 8. The number of nitrogens with one attached hydrogen (secondary N) is 1. The van der Waals surface area contributed by atoms with Crippen molar-refractivity contribution in [1.82, 2.24) is 4.98 Å². The second kappa shape index (κ2) is 9.23. The number of aryl methyl sites for hydroxylation is 1. The summed E-state index contributed by atoms with van der Waals surface area (Å²) in [6.07, 6.45) is 0.890. The van der Waals surface area contributed by atoms with Crippen LogP contribution in [0.3, 0.4) is 0 Å². The summed E-state index contributed by atoms with van der Waals surface area (Å²) in [5.41, 5.74) is 2.51. The lowest BCUT2D eigenvalue weighted by atomic mass is 10.2. The van der Waals surface area contributed by atoms with Gasteiger partial charge < -0.3 is 19.5 Å². The fourth-order valence-corrected chi connectivity index (χ4v) is 3.52. The number of nitrogens with zero attached hydrogens (tertiary/aromatic N) is 1. The molecule has 3 rings (SSSR count). The number of amides is 1. The normalized spacial score (nSPS) is 10.4. The number of carbonyl (C=O) groups excluding carboxylic acids is 1. The Hall–Kier alpha value is -3.06. The van der Waals surface area contributed by atoms with Gasteiger partial charge in [0.15, 0.2) is 0 Å². The maximum Gasteiger partial charge on any atom is 0.224 e. The summed E-state index contributed by atoms with van der Waals surface area (Å²) in [7, 11) is 4.78. The van der Waals surface area contributed by atoms with Gasteiger partial charge in [0.1, 0.15) is 22.3 Å². The first-order valence-corrected chi connectivity index (χ1v) is 9.61. The van der Waals surface area contributed by atoms with Gasteiger partial charge in [0.25, 0.3) is 0 Å². The first-order valence-electron chi connectivity index (χ1n) is 8.73. The summed E-state index contributed by atoms with van der Waals surface area (Å²) in [6.45, 7) is 0. The largest absolute Gasteiger partial charge is 0.497 e. The van der Waals surface area contributed by atoms with Crippen molar-refractivity contribution >= 4 is 22.9 Å². The van der Waals surface area contributed by atoms with Crippen molar-refractivity contribution in [3.63, 3.8) is 0 Å². The fourth-order valence-electron chi connectivity index (χ4n) is 2.67. The minimum absolute atomic E-state index is 0.0978. The van der Waals surface area contributed by atoms with E-state index in [0.29, 0.717) is 30.0 Å². The Kier molecular flexibility index (Phi) is 6.49. The first-order chi connectivity index (χ1) is 13.6. The van der Waals surface area contributed by atoms with Gasteiger partial charge in [0.05, 0.1) is 32.7 Å². The summed E-state index contributed by atoms with van der Waals surface area (Å²) in [5, 5.41) is 5.77. The lowest BCUT2D eigenvalue weighted by molar-refractivity contribution is -0.116. The summed E-state index contributed by atoms with van der Waals surface area (Å²) in [6, 6.07) is 13.1. The van der Waals surface area contributed by atoms with Crippen molar-refractivity contribution in [3.8, 4) is 27.8 Å². The van der Waals surface area contributed by atoms with Crippen LogP contribution in [0.15, 0.2) is 47.8 Å². The van der Waals surface area contributed by atoms with Crippen LogP contribution in [0.1, 0.15) is 12.1 Å². The van der Waals surface area contributed by atoms with E-state index < -0.39 is 0 Å². The van der Waals surface area contributed by atoms with E-state index in [2.05, 4.69) is 10.3 Å². The Labute approximate surface area is 168 Å². The maximum absolute atomic E-state index is 12.3. The number of anilines is 1. The molecule has 0 fully saturated rings. The van der Waals surface area contributed by atoms with E-state index in [0.717, 1.165) is 22.0 Å². The van der Waals surface area contributed by atoms with E-state index in [1.165, 1.54) is 0 Å². The van der Waals surface area contributed by atoms with Crippen molar-refractivity contribution in [1.29, 1.82) is 0 Å². The zero-order chi connectivity index (χ0) is 19.9. The van der Waals surface area contributed by atoms with Crippen LogP contribution < -0.4 is 19.5 Å². The molecule has 0 aliphatic rings. The second-order valence-corrected chi connectivity index (χ2v) is 6.85. The van der Waals surface area contributed by atoms with Crippen LogP contribution in [0.25, 0.3) is 10.6 Å². The van der Waals surface area contributed by atoms with E-state index >= 15 is 0 Å². The molecule has 3 aromatic rings. The standard InChI is InChI=1S/C21H22N2O4S/c1-25-16-6-4-5-14(11-16)21-22-15(13-28-21)7-10-20(24)23-18-9-8-17(26-2)12-19(18)27-3/h4-6,8-9,11-13H,7,10H2,1-3H3,(H,23,24). The van der Waals surface area contributed by atoms with Gasteiger partial charge in [0, 0.05) is 23.4 Å². The Morgan fingerprint density at radius 1 is 1.04 bits per heavy atom. The molecule has 0 unspecified atom stereocenters. The van der Waals surface area contributed by atoms with Crippen LogP contribution in [-0.4, -0.2) is 32.2 Å². The molecule has 1 N–H and O–H groups in total. The molecule has 0 aliphatic carbocycles. The maximum atomic E-state index is 12.3. The van der Waals surface area contributed by atoms with Gasteiger partial charge in [-0.1, -0.05) is 12.1 Å². The van der Waals surface area contributed by atoms with Crippen molar-refractivity contribution in [2.24, 2.45) is 0 Å². The number of hydrogen-bond acceptors (Lipinski definition) is 6. The molecule has 1 aromatic heterocycles. The molecular weight excluding hydrogens is 376 g/mol. The number of methoxy groups -OCH3 is 3. The Bertz CT molecular complexity index is 955. The van der Waals surface area contributed by atoms with Crippen LogP contribution in [0.4, 0.5) is 5.69 Å². The molecule has 0 saturated carbocycles. The minimum Gasteiger partial charge on any atom is -0.497 e. The molecule has 0 atom stereocenters. The van der Waals surface area contributed by atoms with Gasteiger partial charge in [-0.15, -0.1) is 11.3 Å². The molecule has 7 heteroatoms. The van der Waals surface area contributed by atoms with Crippen LogP contribution in [0, 0.1) is 0 Å². The lowest BCUT2D eigenvalue weighted by Crippen LogP contribution is -2.13. The van der Waals surface area contributed by atoms with Crippen molar-refractivity contribution in [2.45, 2.75) is 12.8 Å². The summed E-state index contributed by atoms with van der Waals surface area (Å²) >= 11 is 1.56. The third kappa shape index (κ3) is 4.80. The third-order valence-electron chi connectivity index (χ3n) is 4.16. The van der Waals surface area contributed by atoms with Gasteiger partial charge in [-0.25, -0.2) is 4.98 Å². The zero-order valence-electron chi connectivity index (χ0n) is 16.0. The minimum atomic E-state index is -0.0978. The number of carbonyl (C=O) groups is 1. The average molecular weight is 398 g/mol. The van der Waals surface area contributed by atoms with Crippen LogP contribution in [0.2, 0.25) is 0 Å². The van der Waals surface area contributed by atoms with Crippen molar-refractivity contribution in [3.05, 3.63) is 53.5 Å². The highest BCUT2D eigenvalue weighted by Crippen LogP contribution is 2.30. The van der Waals surface area contributed by atoms with E-state index in [1.54, 1.807) is 50.9 Å². The number of thiazole rings is 1. The van der Waals surface area contributed by atoms with Crippen LogP contribution in [0.5, 0.6) is 17.2 Å². The van der Waals surface area contributed by atoms with Gasteiger partial charge in [0.2, 0.25) is 5.91 Å². The number of benzene rings is 2. The van der Waals surface area contributed by atoms with Crippen molar-refractivity contribution in [2.75, 3.05) is 26.6 Å². The van der Waals surface area contributed by atoms with E-state index in [1.807, 2.05) is 29.6 Å². The van der Waals surface area contributed by atoms with Crippen LogP contribution >= 0.6 is 11.3 Å². The molecule has 0 aliphatic heterocycles.